The molecule has 0 bridgehead atoms. The Morgan fingerprint density at radius 1 is 0.643 bits per heavy atom. The van der Waals surface area contributed by atoms with E-state index in [4.69, 9.17) is 4.74 Å². The second-order valence-corrected chi connectivity index (χ2v) is 8.34. The van der Waals surface area contributed by atoms with E-state index >= 15 is 0 Å². The summed E-state index contributed by atoms with van der Waals surface area (Å²) in [6.45, 7) is 5.24. The first-order chi connectivity index (χ1) is 13.9. The van der Waals surface area contributed by atoms with E-state index < -0.39 is 0 Å². The molecule has 0 amide bonds. The number of benzene rings is 3. The van der Waals surface area contributed by atoms with Gasteiger partial charge < -0.3 is 14.4 Å². The number of fused-ring (bicyclic) bond motifs is 2. The van der Waals surface area contributed by atoms with Gasteiger partial charge >= 0.3 is 6.98 Å². The molecule has 0 aliphatic carbocycles. The lowest BCUT2D eigenvalue weighted by Crippen LogP contribution is -2.58. The third kappa shape index (κ3) is 2.52. The number of hydrogen-bond acceptors (Lipinski definition) is 3. The summed E-state index contributed by atoms with van der Waals surface area (Å²) >= 11 is 0. The van der Waals surface area contributed by atoms with Gasteiger partial charge in [-0.1, -0.05) is 42.5 Å². The monoisotopic (exact) mass is 368 g/mol. The molecule has 3 nitrogen and oxygen atoms in total. The number of para-hydroxylation sites is 1. The van der Waals surface area contributed by atoms with Crippen LogP contribution in [0.15, 0.2) is 54.6 Å². The van der Waals surface area contributed by atoms with Gasteiger partial charge in [0.2, 0.25) is 0 Å². The van der Waals surface area contributed by atoms with Gasteiger partial charge in [-0.3, -0.25) is 0 Å². The molecular weight excluding hydrogens is 343 g/mol. The summed E-state index contributed by atoms with van der Waals surface area (Å²) in [7, 11) is 0. The number of ether oxygens (including phenoxy) is 1. The highest BCUT2D eigenvalue weighted by atomic mass is 16.5. The fourth-order valence-corrected chi connectivity index (χ4v) is 5.42. The smallest absolute Gasteiger partial charge is 0.346 e. The lowest BCUT2D eigenvalue weighted by Gasteiger charge is -2.33. The summed E-state index contributed by atoms with van der Waals surface area (Å²) < 4.78 is 6.31. The third-order valence-corrected chi connectivity index (χ3v) is 6.68. The first kappa shape index (κ1) is 16.6. The van der Waals surface area contributed by atoms with Gasteiger partial charge in [0, 0.05) is 10.9 Å². The summed E-state index contributed by atoms with van der Waals surface area (Å²) in [6, 6.07) is 19.7. The molecule has 0 spiro atoms. The lowest BCUT2D eigenvalue weighted by atomic mass is 9.62. The van der Waals surface area contributed by atoms with Crippen LogP contribution in [0, 0.1) is 0 Å². The van der Waals surface area contributed by atoms with Crippen molar-refractivity contribution in [2.24, 2.45) is 0 Å². The van der Waals surface area contributed by atoms with Crippen LogP contribution in [0.5, 0.6) is 11.5 Å². The van der Waals surface area contributed by atoms with E-state index in [0.29, 0.717) is 6.98 Å². The maximum Gasteiger partial charge on any atom is 0.346 e. The van der Waals surface area contributed by atoms with Crippen molar-refractivity contribution >= 4 is 23.2 Å². The molecule has 0 saturated carbocycles. The van der Waals surface area contributed by atoms with Crippen molar-refractivity contribution in [1.82, 2.24) is 9.62 Å². The van der Waals surface area contributed by atoms with E-state index in [1.807, 2.05) is 0 Å². The van der Waals surface area contributed by atoms with E-state index in [1.54, 1.807) is 0 Å². The molecule has 2 fully saturated rings. The van der Waals surface area contributed by atoms with E-state index in [9.17, 15) is 0 Å². The maximum absolute atomic E-state index is 6.31. The molecule has 2 saturated heterocycles. The highest BCUT2D eigenvalue weighted by molar-refractivity contribution is 6.71. The zero-order valence-electron chi connectivity index (χ0n) is 16.2. The van der Waals surface area contributed by atoms with Crippen molar-refractivity contribution in [3.63, 3.8) is 0 Å². The first-order valence-corrected chi connectivity index (χ1v) is 10.7. The zero-order chi connectivity index (χ0) is 18.5. The average Bonchev–Trinajstić information content (AvgIpc) is 3.45. The van der Waals surface area contributed by atoms with Crippen LogP contribution in [-0.2, 0) is 0 Å². The quantitative estimate of drug-likeness (QED) is 0.495. The number of hydrogen-bond donors (Lipinski definition) is 0. The van der Waals surface area contributed by atoms with Gasteiger partial charge in [0.05, 0.1) is 0 Å². The largest absolute Gasteiger partial charge is 0.456 e. The predicted molar refractivity (Wildman–Crippen MR) is 116 cm³/mol. The molecule has 6 rings (SSSR count). The molecule has 3 aromatic rings. The first-order valence-electron chi connectivity index (χ1n) is 10.7. The number of nitrogens with zero attached hydrogens (tertiary/aromatic N) is 2. The van der Waals surface area contributed by atoms with Crippen molar-refractivity contribution in [3.8, 4) is 22.6 Å². The molecule has 140 valence electrons. The Hall–Kier alpha value is -2.30. The zero-order valence-corrected chi connectivity index (χ0v) is 16.2. The van der Waals surface area contributed by atoms with Crippen molar-refractivity contribution in [3.05, 3.63) is 54.6 Å². The Labute approximate surface area is 167 Å². The Morgan fingerprint density at radius 2 is 1.32 bits per heavy atom. The van der Waals surface area contributed by atoms with Crippen molar-refractivity contribution in [2.75, 3.05) is 26.2 Å². The van der Waals surface area contributed by atoms with E-state index in [-0.39, 0.29) is 0 Å². The molecule has 3 heterocycles. The number of rotatable bonds is 3. The highest BCUT2D eigenvalue weighted by Crippen LogP contribution is 2.45. The second kappa shape index (κ2) is 6.65. The van der Waals surface area contributed by atoms with Gasteiger partial charge in [-0.15, -0.1) is 0 Å². The Balaban J connectivity index is 1.56. The molecule has 0 radical (unpaired) electrons. The minimum absolute atomic E-state index is 0.395. The van der Waals surface area contributed by atoms with Gasteiger partial charge in [0.15, 0.2) is 0 Å². The van der Waals surface area contributed by atoms with Gasteiger partial charge in [-0.05, 0) is 80.4 Å². The van der Waals surface area contributed by atoms with Crippen LogP contribution in [-0.4, -0.2) is 42.8 Å². The van der Waals surface area contributed by atoms with Crippen LogP contribution in [0.2, 0.25) is 0 Å². The van der Waals surface area contributed by atoms with Gasteiger partial charge in [0.1, 0.15) is 11.5 Å². The Kier molecular flexibility index (Phi) is 3.95. The molecule has 0 aromatic heterocycles. The van der Waals surface area contributed by atoms with Crippen LogP contribution >= 0.6 is 0 Å². The SMILES string of the molecule is c1ccc2c(c1)Oc1cccc3c(B(N4CCCC4)N4CCCC4)ccc-2c13. The van der Waals surface area contributed by atoms with Crippen LogP contribution < -0.4 is 10.2 Å². The second-order valence-electron chi connectivity index (χ2n) is 8.34. The van der Waals surface area contributed by atoms with E-state index in [1.165, 1.54) is 79.2 Å². The van der Waals surface area contributed by atoms with Crippen LogP contribution in [0.4, 0.5) is 0 Å². The minimum Gasteiger partial charge on any atom is -0.456 e. The van der Waals surface area contributed by atoms with Crippen molar-refractivity contribution in [2.45, 2.75) is 25.7 Å². The summed E-state index contributed by atoms with van der Waals surface area (Å²) in [6.07, 6.45) is 5.29. The van der Waals surface area contributed by atoms with Crippen molar-refractivity contribution < 1.29 is 4.74 Å². The topological polar surface area (TPSA) is 15.7 Å². The maximum atomic E-state index is 6.31. The minimum atomic E-state index is 0.395. The van der Waals surface area contributed by atoms with Gasteiger partial charge in [-0.25, -0.2) is 0 Å². The molecular formula is C24H25BN2O. The molecule has 4 heteroatoms. The molecule has 3 aliphatic rings. The Morgan fingerprint density at radius 3 is 2.07 bits per heavy atom. The fourth-order valence-electron chi connectivity index (χ4n) is 5.42. The van der Waals surface area contributed by atoms with Crippen LogP contribution in [0.3, 0.4) is 0 Å². The Bertz CT molecular complexity index is 1020. The standard InChI is InChI=1S/C24H25BN2O/c1-2-10-22-18(8-1)19-12-13-21(20-9-7-11-23(28-22)24(19)20)25(26-14-3-4-15-26)27-16-5-6-17-27/h1-2,7-13H,3-6,14-17H2. The molecule has 0 unspecified atom stereocenters. The molecule has 3 aromatic carbocycles. The van der Waals surface area contributed by atoms with E-state index in [0.717, 1.165) is 11.5 Å². The average molecular weight is 368 g/mol. The third-order valence-electron chi connectivity index (χ3n) is 6.68. The summed E-state index contributed by atoms with van der Waals surface area (Å²) in [5, 5.41) is 2.63. The normalized spacial score (nSPS) is 19.0. The van der Waals surface area contributed by atoms with Crippen molar-refractivity contribution in [1.29, 1.82) is 0 Å². The van der Waals surface area contributed by atoms with E-state index in [2.05, 4.69) is 64.2 Å². The predicted octanol–water partition coefficient (Wildman–Crippen LogP) is 4.50. The summed E-state index contributed by atoms with van der Waals surface area (Å²) in [4.78, 5) is 5.40. The molecule has 0 N–H and O–H groups in total. The lowest BCUT2D eigenvalue weighted by molar-refractivity contribution is 0.436. The van der Waals surface area contributed by atoms with Gasteiger partial charge in [0.25, 0.3) is 0 Å². The summed E-state index contributed by atoms with van der Waals surface area (Å²) in [5.74, 6) is 1.96. The molecule has 3 aliphatic heterocycles. The molecule has 0 atom stereocenters. The van der Waals surface area contributed by atoms with Gasteiger partial charge in [-0.2, -0.15) is 0 Å². The molecule has 28 heavy (non-hydrogen) atoms. The van der Waals surface area contributed by atoms with Crippen LogP contribution in [0.1, 0.15) is 25.7 Å². The fraction of sp³-hybridized carbons (Fsp3) is 0.333. The highest BCUT2D eigenvalue weighted by Gasteiger charge is 2.37. The summed E-state index contributed by atoms with van der Waals surface area (Å²) in [5.41, 5.74) is 3.96. The van der Waals surface area contributed by atoms with Crippen LogP contribution in [0.25, 0.3) is 21.9 Å².